The first kappa shape index (κ1) is 12.1. The summed E-state index contributed by atoms with van der Waals surface area (Å²) in [6.45, 7) is 3.49. The summed E-state index contributed by atoms with van der Waals surface area (Å²) in [5.41, 5.74) is 1.16. The first-order valence-electron chi connectivity index (χ1n) is 6.03. The highest BCUT2D eigenvalue weighted by molar-refractivity contribution is 5.78. The molecule has 17 heavy (non-hydrogen) atoms. The number of hydrogen-bond donors (Lipinski definition) is 2. The van der Waals surface area contributed by atoms with Gasteiger partial charge in [-0.1, -0.05) is 31.5 Å². The van der Waals surface area contributed by atoms with Crippen molar-refractivity contribution >= 4 is 5.97 Å². The smallest absolute Gasteiger partial charge is 0.340 e. The molecule has 0 unspecified atom stereocenters. The Morgan fingerprint density at radius 2 is 2.06 bits per heavy atom. The molecule has 1 aromatic rings. The molecule has 3 nitrogen and oxygen atoms in total. The first-order valence-corrected chi connectivity index (χ1v) is 6.03. The van der Waals surface area contributed by atoms with Crippen molar-refractivity contribution < 1.29 is 15.0 Å². The van der Waals surface area contributed by atoms with Gasteiger partial charge >= 0.3 is 5.97 Å². The van der Waals surface area contributed by atoms with Crippen LogP contribution in [-0.4, -0.2) is 16.2 Å². The van der Waals surface area contributed by atoms with Crippen LogP contribution in [0.25, 0.3) is 0 Å². The maximum absolute atomic E-state index is 11.0. The predicted molar refractivity (Wildman–Crippen MR) is 64.8 cm³/mol. The molecule has 0 aromatic heterocycles. The first-order chi connectivity index (χ1) is 7.95. The average Bonchev–Trinajstić information content (AvgIpc) is 2.70. The van der Waals surface area contributed by atoms with Gasteiger partial charge in [-0.25, -0.2) is 4.79 Å². The van der Waals surface area contributed by atoms with Gasteiger partial charge < -0.3 is 10.2 Å². The van der Waals surface area contributed by atoms with Crippen LogP contribution in [0.5, 0.6) is 0 Å². The molecule has 0 aliphatic heterocycles. The summed E-state index contributed by atoms with van der Waals surface area (Å²) in [7, 11) is 0. The number of carbonyl (C=O) groups is 1. The molecule has 1 aliphatic rings. The third kappa shape index (κ3) is 2.07. The SMILES string of the molecule is CC[C@@H]1Cc2ccc([C@@](C)(O)C(=O)O)cc2C1. The number of rotatable bonds is 3. The third-order valence-electron chi connectivity index (χ3n) is 3.78. The minimum atomic E-state index is -1.79. The number of hydrogen-bond acceptors (Lipinski definition) is 2. The van der Waals surface area contributed by atoms with Gasteiger partial charge in [0.25, 0.3) is 0 Å². The lowest BCUT2D eigenvalue weighted by atomic mass is 9.93. The van der Waals surface area contributed by atoms with Crippen molar-refractivity contribution in [1.29, 1.82) is 0 Å². The summed E-state index contributed by atoms with van der Waals surface area (Å²) in [6, 6.07) is 5.53. The second-order valence-corrected chi connectivity index (χ2v) is 5.04. The zero-order valence-electron chi connectivity index (χ0n) is 10.2. The lowest BCUT2D eigenvalue weighted by Crippen LogP contribution is -2.31. The molecule has 0 fully saturated rings. The van der Waals surface area contributed by atoms with Crippen molar-refractivity contribution in [2.24, 2.45) is 5.92 Å². The summed E-state index contributed by atoms with van der Waals surface area (Å²) >= 11 is 0. The number of benzene rings is 1. The van der Waals surface area contributed by atoms with Crippen LogP contribution in [0.2, 0.25) is 0 Å². The minimum Gasteiger partial charge on any atom is -0.479 e. The molecule has 2 rings (SSSR count). The maximum atomic E-state index is 11.0. The standard InChI is InChI=1S/C14H18O3/c1-3-9-6-10-4-5-12(8-11(10)7-9)14(2,17)13(15)16/h4-5,8-9,17H,3,6-7H2,1-2H3,(H,15,16)/t9-,14-/m1/s1. The van der Waals surface area contributed by atoms with E-state index in [4.69, 9.17) is 5.11 Å². The van der Waals surface area contributed by atoms with Gasteiger partial charge in [0, 0.05) is 0 Å². The molecule has 0 spiro atoms. The Morgan fingerprint density at radius 3 is 2.65 bits per heavy atom. The molecule has 1 aliphatic carbocycles. The van der Waals surface area contributed by atoms with Crippen LogP contribution in [0, 0.1) is 5.92 Å². The lowest BCUT2D eigenvalue weighted by Gasteiger charge is -2.19. The van der Waals surface area contributed by atoms with Crippen LogP contribution in [-0.2, 0) is 23.2 Å². The van der Waals surface area contributed by atoms with Crippen molar-refractivity contribution in [2.75, 3.05) is 0 Å². The number of fused-ring (bicyclic) bond motifs is 1. The van der Waals surface area contributed by atoms with E-state index >= 15 is 0 Å². The Morgan fingerprint density at radius 1 is 1.41 bits per heavy atom. The van der Waals surface area contributed by atoms with E-state index in [0.29, 0.717) is 11.5 Å². The molecule has 0 saturated carbocycles. The van der Waals surface area contributed by atoms with Gasteiger partial charge in [0.2, 0.25) is 0 Å². The van der Waals surface area contributed by atoms with Crippen LogP contribution in [0.15, 0.2) is 18.2 Å². The van der Waals surface area contributed by atoms with Gasteiger partial charge in [0.05, 0.1) is 0 Å². The van der Waals surface area contributed by atoms with Crippen molar-refractivity contribution in [3.8, 4) is 0 Å². The number of carboxylic acids is 1. The summed E-state index contributed by atoms with van der Waals surface area (Å²) in [5, 5.41) is 18.9. The van der Waals surface area contributed by atoms with E-state index < -0.39 is 11.6 Å². The van der Waals surface area contributed by atoms with E-state index in [1.807, 2.05) is 12.1 Å². The van der Waals surface area contributed by atoms with Crippen molar-refractivity contribution in [3.05, 3.63) is 34.9 Å². The Labute approximate surface area is 101 Å². The Bertz CT molecular complexity index is 449. The van der Waals surface area contributed by atoms with Crippen molar-refractivity contribution in [2.45, 2.75) is 38.7 Å². The van der Waals surface area contributed by atoms with Crippen molar-refractivity contribution in [1.82, 2.24) is 0 Å². The molecule has 0 radical (unpaired) electrons. The number of carboxylic acid groups (broad SMARTS) is 1. The summed E-state index contributed by atoms with van der Waals surface area (Å²) in [4.78, 5) is 11.0. The fourth-order valence-corrected chi connectivity index (χ4v) is 2.42. The quantitative estimate of drug-likeness (QED) is 0.842. The second kappa shape index (κ2) is 4.15. The summed E-state index contributed by atoms with van der Waals surface area (Å²) in [5.74, 6) is -0.544. The number of aliphatic hydroxyl groups is 1. The molecule has 92 valence electrons. The van der Waals surface area contributed by atoms with E-state index in [1.165, 1.54) is 18.1 Å². The molecule has 2 atom stereocenters. The molecule has 0 heterocycles. The van der Waals surface area contributed by atoms with Crippen molar-refractivity contribution in [3.63, 3.8) is 0 Å². The van der Waals surface area contributed by atoms with Crippen LogP contribution in [0.1, 0.15) is 37.0 Å². The Hall–Kier alpha value is -1.35. The average molecular weight is 234 g/mol. The molecule has 2 N–H and O–H groups in total. The highest BCUT2D eigenvalue weighted by atomic mass is 16.4. The fraction of sp³-hybridized carbons (Fsp3) is 0.500. The zero-order valence-corrected chi connectivity index (χ0v) is 10.2. The highest BCUT2D eigenvalue weighted by Gasteiger charge is 2.33. The van der Waals surface area contributed by atoms with Gasteiger partial charge in [-0.2, -0.15) is 0 Å². The van der Waals surface area contributed by atoms with E-state index in [2.05, 4.69) is 6.92 Å². The largest absolute Gasteiger partial charge is 0.479 e. The summed E-state index contributed by atoms with van der Waals surface area (Å²) in [6.07, 6.45) is 3.20. The maximum Gasteiger partial charge on any atom is 0.340 e. The van der Waals surface area contributed by atoms with E-state index in [9.17, 15) is 9.90 Å². The van der Waals surface area contributed by atoms with E-state index in [-0.39, 0.29) is 0 Å². The Balaban J connectivity index is 2.34. The van der Waals surface area contributed by atoms with Gasteiger partial charge in [-0.05, 0) is 42.4 Å². The zero-order chi connectivity index (χ0) is 12.6. The third-order valence-corrected chi connectivity index (χ3v) is 3.78. The lowest BCUT2D eigenvalue weighted by molar-refractivity contribution is -0.157. The normalized spacial score (nSPS) is 21.9. The fourth-order valence-electron chi connectivity index (χ4n) is 2.42. The molecule has 0 amide bonds. The molecule has 0 saturated heterocycles. The monoisotopic (exact) mass is 234 g/mol. The Kier molecular flexibility index (Phi) is 2.96. The highest BCUT2D eigenvalue weighted by Crippen LogP contribution is 2.32. The molecule has 0 bridgehead atoms. The van der Waals surface area contributed by atoms with Gasteiger partial charge in [0.1, 0.15) is 0 Å². The second-order valence-electron chi connectivity index (χ2n) is 5.04. The molecule has 3 heteroatoms. The van der Waals surface area contributed by atoms with Crippen LogP contribution in [0.4, 0.5) is 0 Å². The minimum absolute atomic E-state index is 0.473. The van der Waals surface area contributed by atoms with Crippen LogP contribution in [0.3, 0.4) is 0 Å². The topological polar surface area (TPSA) is 57.5 Å². The molecular formula is C14H18O3. The van der Waals surface area contributed by atoms with Crippen LogP contribution >= 0.6 is 0 Å². The van der Waals surface area contributed by atoms with Crippen LogP contribution < -0.4 is 0 Å². The molecular weight excluding hydrogens is 216 g/mol. The van der Waals surface area contributed by atoms with E-state index in [0.717, 1.165) is 19.3 Å². The van der Waals surface area contributed by atoms with E-state index in [1.54, 1.807) is 6.07 Å². The number of aliphatic carboxylic acids is 1. The van der Waals surface area contributed by atoms with Gasteiger partial charge in [0.15, 0.2) is 5.60 Å². The predicted octanol–water partition coefficient (Wildman–Crippen LogP) is 2.10. The van der Waals surface area contributed by atoms with Gasteiger partial charge in [-0.15, -0.1) is 0 Å². The van der Waals surface area contributed by atoms with Gasteiger partial charge in [-0.3, -0.25) is 0 Å². The molecule has 1 aromatic carbocycles. The summed E-state index contributed by atoms with van der Waals surface area (Å²) < 4.78 is 0.